The van der Waals surface area contributed by atoms with Crippen molar-refractivity contribution < 1.29 is 0 Å². The minimum absolute atomic E-state index is 0.692. The van der Waals surface area contributed by atoms with Crippen LogP contribution in [0, 0.1) is 0 Å². The van der Waals surface area contributed by atoms with Gasteiger partial charge in [-0.2, -0.15) is 0 Å². The van der Waals surface area contributed by atoms with Gasteiger partial charge in [0.15, 0.2) is 0 Å². The zero-order valence-corrected chi connectivity index (χ0v) is 12.6. The molecule has 1 aromatic carbocycles. The number of likely N-dealkylation sites (tertiary alicyclic amines) is 1. The summed E-state index contributed by atoms with van der Waals surface area (Å²) in [5.41, 5.74) is 4.34. The van der Waals surface area contributed by atoms with E-state index in [0.717, 1.165) is 13.1 Å². The molecule has 110 valence electrons. The highest BCUT2D eigenvalue weighted by Crippen LogP contribution is 2.26. The van der Waals surface area contributed by atoms with E-state index in [0.29, 0.717) is 6.04 Å². The predicted octanol–water partition coefficient (Wildman–Crippen LogP) is 2.62. The molecule has 3 heteroatoms. The lowest BCUT2D eigenvalue weighted by molar-refractivity contribution is 0.206. The Morgan fingerprint density at radius 3 is 2.95 bits per heavy atom. The number of nitrogens with zero attached hydrogens (tertiary/aromatic N) is 1. The van der Waals surface area contributed by atoms with E-state index in [1.54, 1.807) is 0 Å². The zero-order chi connectivity index (χ0) is 13.8. The van der Waals surface area contributed by atoms with Gasteiger partial charge < -0.3 is 15.5 Å². The monoisotopic (exact) mass is 273 g/mol. The molecule has 0 unspecified atom stereocenters. The lowest BCUT2D eigenvalue weighted by Gasteiger charge is -2.32. The molecule has 20 heavy (non-hydrogen) atoms. The molecule has 2 N–H and O–H groups in total. The van der Waals surface area contributed by atoms with Crippen LogP contribution in [0.4, 0.5) is 5.69 Å². The number of anilines is 1. The maximum absolute atomic E-state index is 3.77. The molecule has 1 saturated heterocycles. The minimum atomic E-state index is 0.692. The van der Waals surface area contributed by atoms with E-state index in [9.17, 15) is 0 Å². The molecule has 0 spiro atoms. The van der Waals surface area contributed by atoms with Gasteiger partial charge in [0, 0.05) is 24.8 Å². The van der Waals surface area contributed by atoms with Crippen LogP contribution in [0.3, 0.4) is 0 Å². The molecule has 2 aliphatic rings. The molecule has 0 aromatic heterocycles. The minimum Gasteiger partial charge on any atom is -0.385 e. The van der Waals surface area contributed by atoms with Crippen molar-refractivity contribution in [1.29, 1.82) is 0 Å². The van der Waals surface area contributed by atoms with Crippen LogP contribution >= 0.6 is 0 Å². The Balaban J connectivity index is 1.56. The van der Waals surface area contributed by atoms with Crippen molar-refractivity contribution in [3.05, 3.63) is 29.3 Å². The second-order valence-electron chi connectivity index (χ2n) is 6.07. The smallest absolute Gasteiger partial charge is 0.0418 e. The van der Waals surface area contributed by atoms with Gasteiger partial charge in [0.05, 0.1) is 0 Å². The molecule has 3 rings (SSSR count). The summed E-state index contributed by atoms with van der Waals surface area (Å²) >= 11 is 0. The van der Waals surface area contributed by atoms with Crippen LogP contribution < -0.4 is 10.6 Å². The van der Waals surface area contributed by atoms with E-state index < -0.39 is 0 Å². The zero-order valence-electron chi connectivity index (χ0n) is 12.6. The molecule has 0 radical (unpaired) electrons. The maximum atomic E-state index is 3.77. The average Bonchev–Trinajstić information content (AvgIpc) is 2.53. The number of aryl methyl sites for hydroxylation is 1. The van der Waals surface area contributed by atoms with Crippen LogP contribution in [0.25, 0.3) is 0 Å². The number of para-hydroxylation sites is 1. The predicted molar refractivity (Wildman–Crippen MR) is 85.2 cm³/mol. The molecule has 0 atom stereocenters. The number of rotatable bonds is 4. The Labute approximate surface area is 122 Å². The first kappa shape index (κ1) is 13.9. The first-order valence-corrected chi connectivity index (χ1v) is 8.17. The van der Waals surface area contributed by atoms with Crippen molar-refractivity contribution in [3.63, 3.8) is 0 Å². The van der Waals surface area contributed by atoms with Gasteiger partial charge >= 0.3 is 0 Å². The topological polar surface area (TPSA) is 27.3 Å². The average molecular weight is 273 g/mol. The quantitative estimate of drug-likeness (QED) is 0.883. The molecule has 0 aliphatic carbocycles. The fourth-order valence-corrected chi connectivity index (χ4v) is 3.44. The highest BCUT2D eigenvalue weighted by Gasteiger charge is 2.18. The van der Waals surface area contributed by atoms with Crippen LogP contribution in [0.15, 0.2) is 18.2 Å². The number of nitrogens with one attached hydrogen (secondary N) is 2. The SMILES string of the molecule is CCN1CCC(NCc2cccc3c2NCCC3)CC1. The first-order valence-electron chi connectivity index (χ1n) is 8.17. The summed E-state index contributed by atoms with van der Waals surface area (Å²) < 4.78 is 0. The summed E-state index contributed by atoms with van der Waals surface area (Å²) in [5.74, 6) is 0. The molecule has 0 saturated carbocycles. The van der Waals surface area contributed by atoms with Gasteiger partial charge in [0.25, 0.3) is 0 Å². The Bertz CT molecular complexity index is 436. The van der Waals surface area contributed by atoms with Crippen LogP contribution in [-0.2, 0) is 13.0 Å². The van der Waals surface area contributed by atoms with Gasteiger partial charge in [0.1, 0.15) is 0 Å². The van der Waals surface area contributed by atoms with E-state index in [1.807, 2.05) is 0 Å². The number of fused-ring (bicyclic) bond motifs is 1. The summed E-state index contributed by atoms with van der Waals surface area (Å²) in [6.07, 6.45) is 5.07. The fourth-order valence-electron chi connectivity index (χ4n) is 3.44. The third-order valence-electron chi connectivity index (χ3n) is 4.78. The van der Waals surface area contributed by atoms with Gasteiger partial charge in [-0.15, -0.1) is 0 Å². The lowest BCUT2D eigenvalue weighted by atomic mass is 9.98. The number of hydrogen-bond acceptors (Lipinski definition) is 3. The van der Waals surface area contributed by atoms with E-state index in [1.165, 1.54) is 62.1 Å². The van der Waals surface area contributed by atoms with Gasteiger partial charge in [-0.25, -0.2) is 0 Å². The normalized spacial score (nSPS) is 20.4. The Morgan fingerprint density at radius 1 is 1.30 bits per heavy atom. The molecule has 1 fully saturated rings. The molecule has 1 aromatic rings. The number of piperidine rings is 1. The second-order valence-corrected chi connectivity index (χ2v) is 6.07. The highest BCUT2D eigenvalue weighted by molar-refractivity contribution is 5.59. The summed E-state index contributed by atoms with van der Waals surface area (Å²) in [5, 5.41) is 7.35. The molecule has 2 heterocycles. The van der Waals surface area contributed by atoms with Gasteiger partial charge in [0.2, 0.25) is 0 Å². The van der Waals surface area contributed by atoms with E-state index in [4.69, 9.17) is 0 Å². The fraction of sp³-hybridized carbons (Fsp3) is 0.647. The van der Waals surface area contributed by atoms with Gasteiger partial charge in [-0.1, -0.05) is 25.1 Å². The molecular weight excluding hydrogens is 246 g/mol. The van der Waals surface area contributed by atoms with E-state index in [2.05, 4.69) is 40.7 Å². The highest BCUT2D eigenvalue weighted by atomic mass is 15.1. The molecule has 0 amide bonds. The lowest BCUT2D eigenvalue weighted by Crippen LogP contribution is -2.42. The third-order valence-corrected chi connectivity index (χ3v) is 4.78. The van der Waals surface area contributed by atoms with Crippen molar-refractivity contribution in [3.8, 4) is 0 Å². The molecule has 3 nitrogen and oxygen atoms in total. The summed E-state index contributed by atoms with van der Waals surface area (Å²) in [6.45, 7) is 8.09. The van der Waals surface area contributed by atoms with Crippen molar-refractivity contribution in [2.24, 2.45) is 0 Å². The van der Waals surface area contributed by atoms with Crippen molar-refractivity contribution in [2.45, 2.75) is 45.2 Å². The number of benzene rings is 1. The maximum Gasteiger partial charge on any atom is 0.0418 e. The van der Waals surface area contributed by atoms with Crippen LogP contribution in [0.1, 0.15) is 37.3 Å². The van der Waals surface area contributed by atoms with Gasteiger partial charge in [-0.05, 0) is 56.4 Å². The van der Waals surface area contributed by atoms with Gasteiger partial charge in [-0.3, -0.25) is 0 Å². The first-order chi connectivity index (χ1) is 9.86. The van der Waals surface area contributed by atoms with Crippen molar-refractivity contribution >= 4 is 5.69 Å². The largest absolute Gasteiger partial charge is 0.385 e. The van der Waals surface area contributed by atoms with Crippen molar-refractivity contribution in [1.82, 2.24) is 10.2 Å². The Morgan fingerprint density at radius 2 is 2.15 bits per heavy atom. The Hall–Kier alpha value is -1.06. The molecule has 2 aliphatic heterocycles. The van der Waals surface area contributed by atoms with Crippen molar-refractivity contribution in [2.75, 3.05) is 31.5 Å². The summed E-state index contributed by atoms with van der Waals surface area (Å²) in [4.78, 5) is 2.55. The Kier molecular flexibility index (Phi) is 4.58. The summed E-state index contributed by atoms with van der Waals surface area (Å²) in [7, 11) is 0. The third kappa shape index (κ3) is 3.15. The van der Waals surface area contributed by atoms with Crippen LogP contribution in [-0.4, -0.2) is 37.1 Å². The van der Waals surface area contributed by atoms with E-state index >= 15 is 0 Å². The second kappa shape index (κ2) is 6.59. The van der Waals surface area contributed by atoms with Crippen LogP contribution in [0.5, 0.6) is 0 Å². The van der Waals surface area contributed by atoms with Crippen LogP contribution in [0.2, 0.25) is 0 Å². The standard InChI is InChI=1S/C17H27N3/c1-2-20-11-8-16(9-12-20)19-13-15-6-3-5-14-7-4-10-18-17(14)15/h3,5-6,16,18-19H,2,4,7-13H2,1H3. The van der Waals surface area contributed by atoms with E-state index in [-0.39, 0.29) is 0 Å². The molecular formula is C17H27N3. The summed E-state index contributed by atoms with van der Waals surface area (Å²) in [6, 6.07) is 7.44. The molecule has 0 bridgehead atoms. The number of hydrogen-bond donors (Lipinski definition) is 2.